The van der Waals surface area contributed by atoms with E-state index in [-0.39, 0.29) is 6.03 Å². The van der Waals surface area contributed by atoms with Crippen LogP contribution in [0.5, 0.6) is 0 Å². The molecular formula is C12H16N2OS. The van der Waals surface area contributed by atoms with Crippen LogP contribution in [0.2, 0.25) is 0 Å². The van der Waals surface area contributed by atoms with E-state index in [9.17, 15) is 4.79 Å². The predicted octanol–water partition coefficient (Wildman–Crippen LogP) is 2.94. The summed E-state index contributed by atoms with van der Waals surface area (Å²) < 4.78 is 0. The van der Waals surface area contributed by atoms with Gasteiger partial charge in [0.1, 0.15) is 0 Å². The van der Waals surface area contributed by atoms with E-state index in [0.29, 0.717) is 5.92 Å². The SMILES string of the molecule is CSc1ccc(NC(=O)NCC2CC2)cc1. The minimum atomic E-state index is -0.108. The third-order valence-electron chi connectivity index (χ3n) is 2.60. The molecule has 4 heteroatoms. The summed E-state index contributed by atoms with van der Waals surface area (Å²) >= 11 is 1.69. The lowest BCUT2D eigenvalue weighted by Crippen LogP contribution is -2.30. The summed E-state index contributed by atoms with van der Waals surface area (Å²) in [7, 11) is 0. The molecule has 1 fully saturated rings. The van der Waals surface area contributed by atoms with E-state index in [4.69, 9.17) is 0 Å². The van der Waals surface area contributed by atoms with Crippen molar-refractivity contribution < 1.29 is 4.79 Å². The highest BCUT2D eigenvalue weighted by Gasteiger charge is 2.21. The Hall–Kier alpha value is -1.16. The fourth-order valence-corrected chi connectivity index (χ4v) is 1.82. The van der Waals surface area contributed by atoms with E-state index in [1.54, 1.807) is 11.8 Å². The van der Waals surface area contributed by atoms with Crippen LogP contribution in [0, 0.1) is 5.92 Å². The normalized spacial score (nSPS) is 14.6. The van der Waals surface area contributed by atoms with Crippen LogP contribution in [0.3, 0.4) is 0 Å². The van der Waals surface area contributed by atoms with Gasteiger partial charge in [-0.1, -0.05) is 0 Å². The third kappa shape index (κ3) is 3.45. The molecule has 1 aromatic rings. The molecule has 2 amide bonds. The summed E-state index contributed by atoms with van der Waals surface area (Å²) in [4.78, 5) is 12.7. The van der Waals surface area contributed by atoms with E-state index in [2.05, 4.69) is 10.6 Å². The molecule has 1 aromatic carbocycles. The molecule has 0 heterocycles. The first kappa shape index (κ1) is 11.3. The van der Waals surface area contributed by atoms with Crippen LogP contribution < -0.4 is 10.6 Å². The smallest absolute Gasteiger partial charge is 0.319 e. The first-order valence-corrected chi connectivity index (χ1v) is 6.69. The fraction of sp³-hybridized carbons (Fsp3) is 0.417. The highest BCUT2D eigenvalue weighted by molar-refractivity contribution is 7.98. The van der Waals surface area contributed by atoms with Gasteiger partial charge in [0, 0.05) is 17.1 Å². The summed E-state index contributed by atoms with van der Waals surface area (Å²) in [6.45, 7) is 0.800. The number of carbonyl (C=O) groups is 1. The van der Waals surface area contributed by atoms with Gasteiger partial charge in [0.05, 0.1) is 0 Å². The molecule has 1 aliphatic carbocycles. The van der Waals surface area contributed by atoms with E-state index in [0.717, 1.165) is 12.2 Å². The Morgan fingerprint density at radius 1 is 1.38 bits per heavy atom. The maximum Gasteiger partial charge on any atom is 0.319 e. The van der Waals surface area contributed by atoms with Crippen molar-refractivity contribution in [1.29, 1.82) is 0 Å². The molecule has 0 unspecified atom stereocenters. The van der Waals surface area contributed by atoms with Gasteiger partial charge in [-0.3, -0.25) is 0 Å². The van der Waals surface area contributed by atoms with Crippen molar-refractivity contribution in [3.05, 3.63) is 24.3 Å². The molecule has 16 heavy (non-hydrogen) atoms. The maximum absolute atomic E-state index is 11.5. The van der Waals surface area contributed by atoms with E-state index in [1.807, 2.05) is 30.5 Å². The molecule has 0 atom stereocenters. The molecular weight excluding hydrogens is 220 g/mol. The molecule has 2 rings (SSSR count). The molecule has 1 saturated carbocycles. The summed E-state index contributed by atoms with van der Waals surface area (Å²) in [6, 6.07) is 7.73. The van der Waals surface area contributed by atoms with Crippen LogP contribution in [0.25, 0.3) is 0 Å². The van der Waals surface area contributed by atoms with Crippen LogP contribution in [-0.4, -0.2) is 18.8 Å². The third-order valence-corrected chi connectivity index (χ3v) is 3.34. The Morgan fingerprint density at radius 3 is 2.62 bits per heavy atom. The number of anilines is 1. The van der Waals surface area contributed by atoms with Gasteiger partial charge in [0.15, 0.2) is 0 Å². The van der Waals surface area contributed by atoms with Gasteiger partial charge in [-0.05, 0) is 49.3 Å². The van der Waals surface area contributed by atoms with Crippen molar-refractivity contribution in [2.45, 2.75) is 17.7 Å². The molecule has 86 valence electrons. The molecule has 0 radical (unpaired) electrons. The lowest BCUT2D eigenvalue weighted by Gasteiger charge is -2.07. The number of rotatable bonds is 4. The van der Waals surface area contributed by atoms with Gasteiger partial charge >= 0.3 is 6.03 Å². The number of nitrogens with one attached hydrogen (secondary N) is 2. The van der Waals surface area contributed by atoms with Crippen molar-refractivity contribution in [3.63, 3.8) is 0 Å². The molecule has 0 bridgehead atoms. The molecule has 1 aliphatic rings. The second-order valence-electron chi connectivity index (χ2n) is 4.01. The van der Waals surface area contributed by atoms with Crippen LogP contribution in [0.15, 0.2) is 29.2 Å². The van der Waals surface area contributed by atoms with E-state index < -0.39 is 0 Å². The van der Waals surface area contributed by atoms with Gasteiger partial charge in [0.2, 0.25) is 0 Å². The number of carbonyl (C=O) groups excluding carboxylic acids is 1. The summed E-state index contributed by atoms with van der Waals surface area (Å²) in [5.41, 5.74) is 0.839. The van der Waals surface area contributed by atoms with Gasteiger partial charge in [0.25, 0.3) is 0 Å². The first-order chi connectivity index (χ1) is 7.78. The monoisotopic (exact) mass is 236 g/mol. The number of hydrogen-bond acceptors (Lipinski definition) is 2. The quantitative estimate of drug-likeness (QED) is 0.789. The molecule has 0 saturated heterocycles. The number of thioether (sulfide) groups is 1. The zero-order valence-corrected chi connectivity index (χ0v) is 10.1. The maximum atomic E-state index is 11.5. The molecule has 0 aliphatic heterocycles. The Labute approximate surface area is 100.0 Å². The van der Waals surface area contributed by atoms with E-state index in [1.165, 1.54) is 17.7 Å². The van der Waals surface area contributed by atoms with Crippen molar-refractivity contribution in [1.82, 2.24) is 5.32 Å². The van der Waals surface area contributed by atoms with Crippen molar-refractivity contribution in [2.75, 3.05) is 18.1 Å². The Balaban J connectivity index is 1.79. The highest BCUT2D eigenvalue weighted by Crippen LogP contribution is 2.27. The largest absolute Gasteiger partial charge is 0.338 e. The predicted molar refractivity (Wildman–Crippen MR) is 68.0 cm³/mol. The molecule has 0 aromatic heterocycles. The fourth-order valence-electron chi connectivity index (χ4n) is 1.41. The zero-order chi connectivity index (χ0) is 11.4. The zero-order valence-electron chi connectivity index (χ0n) is 9.32. The second-order valence-corrected chi connectivity index (χ2v) is 4.89. The number of benzene rings is 1. The Kier molecular flexibility index (Phi) is 3.72. The first-order valence-electron chi connectivity index (χ1n) is 5.47. The molecule has 2 N–H and O–H groups in total. The van der Waals surface area contributed by atoms with Crippen LogP contribution in [-0.2, 0) is 0 Å². The number of urea groups is 1. The van der Waals surface area contributed by atoms with Crippen LogP contribution in [0.4, 0.5) is 10.5 Å². The van der Waals surface area contributed by atoms with Gasteiger partial charge in [-0.25, -0.2) is 4.79 Å². The summed E-state index contributed by atoms with van der Waals surface area (Å²) in [5, 5.41) is 5.68. The lowest BCUT2D eigenvalue weighted by atomic mass is 10.3. The van der Waals surface area contributed by atoms with Gasteiger partial charge in [-0.2, -0.15) is 0 Å². The Morgan fingerprint density at radius 2 is 2.06 bits per heavy atom. The lowest BCUT2D eigenvalue weighted by molar-refractivity contribution is 0.251. The highest BCUT2D eigenvalue weighted by atomic mass is 32.2. The average molecular weight is 236 g/mol. The van der Waals surface area contributed by atoms with Crippen LogP contribution >= 0.6 is 11.8 Å². The second kappa shape index (κ2) is 5.25. The van der Waals surface area contributed by atoms with Crippen molar-refractivity contribution in [3.8, 4) is 0 Å². The van der Waals surface area contributed by atoms with Crippen LogP contribution in [0.1, 0.15) is 12.8 Å². The Bertz CT molecular complexity index is 360. The van der Waals surface area contributed by atoms with E-state index >= 15 is 0 Å². The van der Waals surface area contributed by atoms with Crippen molar-refractivity contribution >= 4 is 23.5 Å². The number of amides is 2. The average Bonchev–Trinajstić information content (AvgIpc) is 3.11. The number of hydrogen-bond donors (Lipinski definition) is 2. The van der Waals surface area contributed by atoms with Gasteiger partial charge < -0.3 is 10.6 Å². The standard InChI is InChI=1S/C12H16N2OS/c1-16-11-6-4-10(5-7-11)14-12(15)13-8-9-2-3-9/h4-7,9H,2-3,8H2,1H3,(H2,13,14,15). The minimum Gasteiger partial charge on any atom is -0.338 e. The molecule has 0 spiro atoms. The summed E-state index contributed by atoms with van der Waals surface area (Å²) in [6.07, 6.45) is 4.54. The molecule has 3 nitrogen and oxygen atoms in total. The van der Waals surface area contributed by atoms with Crippen molar-refractivity contribution in [2.24, 2.45) is 5.92 Å². The minimum absolute atomic E-state index is 0.108. The summed E-state index contributed by atoms with van der Waals surface area (Å²) in [5.74, 6) is 0.713. The van der Waals surface area contributed by atoms with Gasteiger partial charge in [-0.15, -0.1) is 11.8 Å². The topological polar surface area (TPSA) is 41.1 Å².